The van der Waals surface area contributed by atoms with Crippen LogP contribution in [0.3, 0.4) is 0 Å². The van der Waals surface area contributed by atoms with Crippen molar-refractivity contribution in [1.82, 2.24) is 0 Å². The summed E-state index contributed by atoms with van der Waals surface area (Å²) in [5.41, 5.74) is 0. The first-order chi connectivity index (χ1) is 6.64. The Morgan fingerprint density at radius 1 is 0.929 bits per heavy atom. The highest BCUT2D eigenvalue weighted by molar-refractivity contribution is 9.25. The first kappa shape index (κ1) is 11.4. The lowest BCUT2D eigenvalue weighted by Gasteiger charge is -2.12. The van der Waals surface area contributed by atoms with E-state index in [0.29, 0.717) is 11.8 Å². The molecule has 1 N–H and O–H groups in total. The predicted molar refractivity (Wildman–Crippen MR) is 65.9 cm³/mol. The highest BCUT2D eigenvalue weighted by Crippen LogP contribution is 2.65. The van der Waals surface area contributed by atoms with E-state index in [-0.39, 0.29) is 9.34 Å². The van der Waals surface area contributed by atoms with Gasteiger partial charge in [-0.3, -0.25) is 0 Å². The number of halogens is 2. The molecule has 3 heteroatoms. The van der Waals surface area contributed by atoms with Crippen LogP contribution in [0.2, 0.25) is 0 Å². The van der Waals surface area contributed by atoms with Crippen molar-refractivity contribution >= 4 is 31.9 Å². The zero-order valence-corrected chi connectivity index (χ0v) is 11.6. The van der Waals surface area contributed by atoms with E-state index in [0.717, 1.165) is 6.42 Å². The molecule has 2 aliphatic rings. The Morgan fingerprint density at radius 3 is 2.21 bits per heavy atom. The molecule has 0 aromatic carbocycles. The second-order valence-electron chi connectivity index (χ2n) is 4.72. The zero-order valence-electron chi connectivity index (χ0n) is 8.38. The maximum absolute atomic E-state index is 10.0. The van der Waals surface area contributed by atoms with Gasteiger partial charge < -0.3 is 5.11 Å². The van der Waals surface area contributed by atoms with Gasteiger partial charge in [-0.05, 0) is 18.8 Å². The van der Waals surface area contributed by atoms with Gasteiger partial charge in [-0.25, -0.2) is 0 Å². The molecule has 82 valence electrons. The van der Waals surface area contributed by atoms with Crippen LogP contribution in [0.25, 0.3) is 0 Å². The van der Waals surface area contributed by atoms with Crippen LogP contribution in [0, 0.1) is 11.8 Å². The van der Waals surface area contributed by atoms with Gasteiger partial charge in [0, 0.05) is 5.92 Å². The van der Waals surface area contributed by atoms with E-state index >= 15 is 0 Å². The Kier molecular flexibility index (Phi) is 3.60. The summed E-state index contributed by atoms with van der Waals surface area (Å²) in [4.78, 5) is 0. The molecule has 2 rings (SSSR count). The van der Waals surface area contributed by atoms with Gasteiger partial charge in [0.2, 0.25) is 0 Å². The summed E-state index contributed by atoms with van der Waals surface area (Å²) < 4.78 is 0.0593. The molecule has 14 heavy (non-hydrogen) atoms. The largest absolute Gasteiger partial charge is 0.393 e. The van der Waals surface area contributed by atoms with E-state index in [9.17, 15) is 5.11 Å². The van der Waals surface area contributed by atoms with Crippen molar-refractivity contribution in [3.8, 4) is 0 Å². The van der Waals surface area contributed by atoms with Crippen molar-refractivity contribution in [3.05, 3.63) is 0 Å². The molecule has 0 bridgehead atoms. The van der Waals surface area contributed by atoms with E-state index < -0.39 is 0 Å². The van der Waals surface area contributed by atoms with Gasteiger partial charge in [0.25, 0.3) is 0 Å². The standard InChI is InChI=1S/C11H18Br2O/c12-11(13)8-6-4-2-1-3-5-7-9(14)10(8)11/h8-10,14H,1-7H2. The van der Waals surface area contributed by atoms with Crippen molar-refractivity contribution in [1.29, 1.82) is 0 Å². The fraction of sp³-hybridized carbons (Fsp3) is 1.00. The summed E-state index contributed by atoms with van der Waals surface area (Å²) >= 11 is 7.39. The van der Waals surface area contributed by atoms with Crippen molar-refractivity contribution in [2.24, 2.45) is 11.8 Å². The topological polar surface area (TPSA) is 20.2 Å². The lowest BCUT2D eigenvalue weighted by Crippen LogP contribution is -2.13. The van der Waals surface area contributed by atoms with E-state index in [1.54, 1.807) is 0 Å². The minimum Gasteiger partial charge on any atom is -0.393 e. The predicted octanol–water partition coefficient (Wildman–Crippen LogP) is 3.82. The van der Waals surface area contributed by atoms with Gasteiger partial charge in [0.1, 0.15) is 0 Å². The van der Waals surface area contributed by atoms with Crippen LogP contribution in [0.4, 0.5) is 0 Å². The van der Waals surface area contributed by atoms with Gasteiger partial charge in [-0.1, -0.05) is 64.0 Å². The van der Waals surface area contributed by atoms with Crippen LogP contribution in [0.5, 0.6) is 0 Å². The molecule has 2 fully saturated rings. The van der Waals surface area contributed by atoms with Gasteiger partial charge in [0.15, 0.2) is 0 Å². The fourth-order valence-electron chi connectivity index (χ4n) is 2.74. The van der Waals surface area contributed by atoms with Gasteiger partial charge >= 0.3 is 0 Å². The summed E-state index contributed by atoms with van der Waals surface area (Å²) in [5.74, 6) is 1.09. The second kappa shape index (κ2) is 4.42. The number of aliphatic hydroxyl groups excluding tert-OH is 1. The number of hydrogen-bond donors (Lipinski definition) is 1. The number of rotatable bonds is 0. The Balaban J connectivity index is 1.96. The zero-order chi connectivity index (χ0) is 10.2. The highest BCUT2D eigenvalue weighted by atomic mass is 79.9. The summed E-state index contributed by atoms with van der Waals surface area (Å²) in [5, 5.41) is 10.0. The molecule has 0 heterocycles. The normalized spacial score (nSPS) is 42.6. The molecule has 0 aromatic heterocycles. The number of aliphatic hydroxyl groups is 1. The summed E-state index contributed by atoms with van der Waals surface area (Å²) in [6.07, 6.45) is 8.69. The average molecular weight is 326 g/mol. The van der Waals surface area contributed by atoms with Crippen molar-refractivity contribution in [2.75, 3.05) is 0 Å². The van der Waals surface area contributed by atoms with E-state index in [2.05, 4.69) is 31.9 Å². The molecule has 0 saturated heterocycles. The minimum absolute atomic E-state index is 0.0593. The number of fused-ring (bicyclic) bond motifs is 1. The molecule has 0 amide bonds. The lowest BCUT2D eigenvalue weighted by atomic mass is 9.99. The molecule has 0 spiro atoms. The van der Waals surface area contributed by atoms with Crippen LogP contribution in [-0.2, 0) is 0 Å². The third kappa shape index (κ3) is 2.19. The average Bonchev–Trinajstić information content (AvgIpc) is 2.67. The van der Waals surface area contributed by atoms with E-state index in [1.165, 1.54) is 38.5 Å². The highest BCUT2D eigenvalue weighted by Gasteiger charge is 2.63. The monoisotopic (exact) mass is 324 g/mol. The van der Waals surface area contributed by atoms with Crippen molar-refractivity contribution < 1.29 is 5.11 Å². The molecule has 0 aliphatic heterocycles. The molecule has 0 radical (unpaired) electrons. The SMILES string of the molecule is OC1CCCCCCCC2C1C2(Br)Br. The first-order valence-corrected chi connectivity index (χ1v) is 7.28. The molecular formula is C11H18Br2O. The molecule has 0 aromatic rings. The Morgan fingerprint density at radius 2 is 1.50 bits per heavy atom. The Labute approximate surface area is 103 Å². The van der Waals surface area contributed by atoms with Crippen LogP contribution in [0.1, 0.15) is 44.9 Å². The maximum atomic E-state index is 10.0. The summed E-state index contributed by atoms with van der Waals surface area (Å²) in [7, 11) is 0. The summed E-state index contributed by atoms with van der Waals surface area (Å²) in [6, 6.07) is 0. The van der Waals surface area contributed by atoms with Gasteiger partial charge in [-0.15, -0.1) is 0 Å². The molecule has 3 atom stereocenters. The molecular weight excluding hydrogens is 308 g/mol. The minimum atomic E-state index is -0.100. The van der Waals surface area contributed by atoms with Crippen LogP contribution in [0.15, 0.2) is 0 Å². The molecule has 2 aliphatic carbocycles. The van der Waals surface area contributed by atoms with E-state index in [1.807, 2.05) is 0 Å². The molecule has 1 nitrogen and oxygen atoms in total. The fourth-order valence-corrected chi connectivity index (χ4v) is 4.75. The van der Waals surface area contributed by atoms with Gasteiger partial charge in [0.05, 0.1) is 9.34 Å². The number of hydrogen-bond acceptors (Lipinski definition) is 1. The second-order valence-corrected chi connectivity index (χ2v) is 8.41. The van der Waals surface area contributed by atoms with Crippen molar-refractivity contribution in [2.45, 2.75) is 54.3 Å². The Hall–Kier alpha value is 0.920. The van der Waals surface area contributed by atoms with Crippen LogP contribution < -0.4 is 0 Å². The third-order valence-corrected chi connectivity index (χ3v) is 5.93. The van der Waals surface area contributed by atoms with E-state index in [4.69, 9.17) is 0 Å². The first-order valence-electron chi connectivity index (χ1n) is 5.70. The Bertz CT molecular complexity index is 205. The summed E-state index contributed by atoms with van der Waals surface area (Å²) in [6.45, 7) is 0. The quantitative estimate of drug-likeness (QED) is 0.671. The smallest absolute Gasteiger partial charge is 0.0893 e. The maximum Gasteiger partial charge on any atom is 0.0893 e. The number of alkyl halides is 2. The molecule has 2 saturated carbocycles. The third-order valence-electron chi connectivity index (χ3n) is 3.69. The van der Waals surface area contributed by atoms with Gasteiger partial charge in [-0.2, -0.15) is 0 Å². The molecule has 3 unspecified atom stereocenters. The van der Waals surface area contributed by atoms with Crippen LogP contribution >= 0.6 is 31.9 Å². The van der Waals surface area contributed by atoms with Crippen LogP contribution in [-0.4, -0.2) is 14.4 Å². The van der Waals surface area contributed by atoms with Crippen molar-refractivity contribution in [3.63, 3.8) is 0 Å². The lowest BCUT2D eigenvalue weighted by molar-refractivity contribution is 0.129.